The van der Waals surface area contributed by atoms with Crippen molar-refractivity contribution in [3.05, 3.63) is 18.1 Å². The average Bonchev–Trinajstić information content (AvgIpc) is 2.88. The third-order valence-corrected chi connectivity index (χ3v) is 4.13. The molecule has 1 aliphatic heterocycles. The minimum Gasteiger partial charge on any atom is -0.375 e. The van der Waals surface area contributed by atoms with Crippen LogP contribution in [0.4, 0.5) is 5.82 Å². The summed E-state index contributed by atoms with van der Waals surface area (Å²) in [7, 11) is 0. The van der Waals surface area contributed by atoms with E-state index in [0.717, 1.165) is 25.3 Å². The molecular formula is C14H18N4O. The van der Waals surface area contributed by atoms with Crippen LogP contribution < -0.4 is 5.32 Å². The molecule has 2 heterocycles. The number of hydrogen-bond acceptors (Lipinski definition) is 5. The number of aromatic nitrogens is 2. The fourth-order valence-corrected chi connectivity index (χ4v) is 3.19. The number of nitrogens with one attached hydrogen (secondary N) is 1. The van der Waals surface area contributed by atoms with Gasteiger partial charge in [-0.3, -0.25) is 0 Å². The molecule has 0 aromatic carbocycles. The molecule has 0 radical (unpaired) electrons. The molecule has 1 aromatic rings. The smallest absolute Gasteiger partial charge is 0.158 e. The summed E-state index contributed by atoms with van der Waals surface area (Å²) in [6, 6.07) is 2.37. The highest BCUT2D eigenvalue weighted by Gasteiger charge is 2.39. The molecule has 0 unspecified atom stereocenters. The summed E-state index contributed by atoms with van der Waals surface area (Å²) < 4.78 is 6.01. The van der Waals surface area contributed by atoms with Gasteiger partial charge >= 0.3 is 0 Å². The summed E-state index contributed by atoms with van der Waals surface area (Å²) in [6.45, 7) is 0.821. The Balaban J connectivity index is 1.64. The molecule has 5 heteroatoms. The van der Waals surface area contributed by atoms with Crippen LogP contribution >= 0.6 is 0 Å². The Kier molecular flexibility index (Phi) is 3.34. The van der Waals surface area contributed by atoms with Crippen molar-refractivity contribution in [3.63, 3.8) is 0 Å². The maximum Gasteiger partial charge on any atom is 0.158 e. The lowest BCUT2D eigenvalue weighted by Gasteiger charge is -2.38. The highest BCUT2D eigenvalue weighted by Crippen LogP contribution is 2.40. The van der Waals surface area contributed by atoms with Crippen LogP contribution in [-0.4, -0.2) is 28.2 Å². The zero-order valence-corrected chi connectivity index (χ0v) is 10.9. The van der Waals surface area contributed by atoms with Crippen LogP contribution in [0.15, 0.2) is 12.4 Å². The summed E-state index contributed by atoms with van der Waals surface area (Å²) >= 11 is 0. The van der Waals surface area contributed by atoms with Crippen LogP contribution in [-0.2, 0) is 4.74 Å². The van der Waals surface area contributed by atoms with Gasteiger partial charge < -0.3 is 10.1 Å². The van der Waals surface area contributed by atoms with Gasteiger partial charge in [-0.15, -0.1) is 0 Å². The van der Waals surface area contributed by atoms with Gasteiger partial charge in [-0.25, -0.2) is 9.97 Å². The van der Waals surface area contributed by atoms with E-state index in [1.807, 2.05) is 6.07 Å². The number of hydrogen-bond donors (Lipinski definition) is 1. The second-order valence-corrected chi connectivity index (χ2v) is 5.47. The van der Waals surface area contributed by atoms with Gasteiger partial charge in [0.25, 0.3) is 0 Å². The number of nitriles is 1. The predicted octanol–water partition coefficient (Wildman–Crippen LogP) is 2.25. The monoisotopic (exact) mass is 258 g/mol. The topological polar surface area (TPSA) is 70.8 Å². The summed E-state index contributed by atoms with van der Waals surface area (Å²) in [5, 5.41) is 12.1. The number of rotatable bonds is 2. The first-order valence-electron chi connectivity index (χ1n) is 6.92. The molecular weight excluding hydrogens is 240 g/mol. The first-order chi connectivity index (χ1) is 9.30. The molecule has 0 amide bonds. The van der Waals surface area contributed by atoms with Crippen molar-refractivity contribution < 1.29 is 4.74 Å². The predicted molar refractivity (Wildman–Crippen MR) is 70.5 cm³/mol. The molecule has 1 aliphatic carbocycles. The summed E-state index contributed by atoms with van der Waals surface area (Å²) in [5.41, 5.74) is 0.459. The van der Waals surface area contributed by atoms with Crippen LogP contribution in [0, 0.1) is 11.3 Å². The molecule has 1 aromatic heterocycles. The molecule has 2 aliphatic rings. The first kappa shape index (κ1) is 12.4. The highest BCUT2D eigenvalue weighted by atomic mass is 16.5. The van der Waals surface area contributed by atoms with Gasteiger partial charge in [0.05, 0.1) is 18.0 Å². The quantitative estimate of drug-likeness (QED) is 0.881. The SMILES string of the molecule is N#Cc1cnc(N[C@H]2CCOC3(CCCC3)C2)cn1. The van der Waals surface area contributed by atoms with Crippen molar-refractivity contribution >= 4 is 5.82 Å². The Morgan fingerprint density at radius 3 is 2.84 bits per heavy atom. The van der Waals surface area contributed by atoms with E-state index in [4.69, 9.17) is 10.00 Å². The molecule has 1 atom stereocenters. The second-order valence-electron chi connectivity index (χ2n) is 5.47. The summed E-state index contributed by atoms with van der Waals surface area (Å²) in [6.07, 6.45) is 10.1. The van der Waals surface area contributed by atoms with Crippen LogP contribution in [0.3, 0.4) is 0 Å². The Bertz CT molecular complexity index is 473. The second kappa shape index (κ2) is 5.14. The van der Waals surface area contributed by atoms with E-state index >= 15 is 0 Å². The highest BCUT2D eigenvalue weighted by molar-refractivity contribution is 5.34. The van der Waals surface area contributed by atoms with Crippen LogP contribution in [0.1, 0.15) is 44.2 Å². The fraction of sp³-hybridized carbons (Fsp3) is 0.643. The third kappa shape index (κ3) is 2.69. The summed E-state index contributed by atoms with van der Waals surface area (Å²) in [5.74, 6) is 0.749. The van der Waals surface area contributed by atoms with Gasteiger partial charge in [-0.1, -0.05) is 12.8 Å². The molecule has 1 saturated heterocycles. The molecule has 100 valence electrons. The molecule has 19 heavy (non-hydrogen) atoms. The molecule has 1 N–H and O–H groups in total. The third-order valence-electron chi connectivity index (χ3n) is 4.13. The van der Waals surface area contributed by atoms with Crippen molar-refractivity contribution in [2.75, 3.05) is 11.9 Å². The van der Waals surface area contributed by atoms with Crippen molar-refractivity contribution in [1.29, 1.82) is 5.26 Å². The van der Waals surface area contributed by atoms with E-state index < -0.39 is 0 Å². The van der Waals surface area contributed by atoms with Gasteiger partial charge in [0.1, 0.15) is 11.9 Å². The Morgan fingerprint density at radius 1 is 1.32 bits per heavy atom. The molecule has 1 spiro atoms. The maximum atomic E-state index is 8.70. The Hall–Kier alpha value is -1.67. The van der Waals surface area contributed by atoms with Gasteiger partial charge in [0, 0.05) is 12.6 Å². The van der Waals surface area contributed by atoms with E-state index in [-0.39, 0.29) is 5.60 Å². The molecule has 1 saturated carbocycles. The van der Waals surface area contributed by atoms with Crippen molar-refractivity contribution in [1.82, 2.24) is 9.97 Å². The van der Waals surface area contributed by atoms with E-state index in [2.05, 4.69) is 15.3 Å². The number of nitrogens with zero attached hydrogens (tertiary/aromatic N) is 3. The van der Waals surface area contributed by atoms with Gasteiger partial charge in [0.15, 0.2) is 5.69 Å². The minimum absolute atomic E-state index is 0.107. The lowest BCUT2D eigenvalue weighted by atomic mass is 9.89. The average molecular weight is 258 g/mol. The molecule has 3 rings (SSSR count). The van der Waals surface area contributed by atoms with Crippen molar-refractivity contribution in [3.8, 4) is 6.07 Å². The zero-order chi connectivity index (χ0) is 13.1. The standard InChI is InChI=1S/C14H18N4O/c15-8-12-9-17-13(10-16-12)18-11-3-6-19-14(7-11)4-1-2-5-14/h9-11H,1-7H2,(H,17,18)/t11-/m0/s1. The van der Waals surface area contributed by atoms with E-state index in [1.54, 1.807) is 6.20 Å². The fourth-order valence-electron chi connectivity index (χ4n) is 3.19. The molecule has 0 bridgehead atoms. The molecule has 5 nitrogen and oxygen atoms in total. The Morgan fingerprint density at radius 2 is 2.16 bits per heavy atom. The molecule has 2 fully saturated rings. The first-order valence-corrected chi connectivity index (χ1v) is 6.92. The maximum absolute atomic E-state index is 8.70. The van der Waals surface area contributed by atoms with E-state index in [0.29, 0.717) is 11.7 Å². The van der Waals surface area contributed by atoms with E-state index in [1.165, 1.54) is 31.9 Å². The number of anilines is 1. The van der Waals surface area contributed by atoms with E-state index in [9.17, 15) is 0 Å². The minimum atomic E-state index is 0.107. The van der Waals surface area contributed by atoms with Gasteiger partial charge in [-0.2, -0.15) is 5.26 Å². The lowest BCUT2D eigenvalue weighted by Crippen LogP contribution is -2.42. The number of ether oxygens (including phenoxy) is 1. The van der Waals surface area contributed by atoms with Crippen LogP contribution in [0.25, 0.3) is 0 Å². The summed E-state index contributed by atoms with van der Waals surface area (Å²) in [4.78, 5) is 8.26. The van der Waals surface area contributed by atoms with Crippen LogP contribution in [0.2, 0.25) is 0 Å². The van der Waals surface area contributed by atoms with Gasteiger partial charge in [-0.05, 0) is 25.7 Å². The van der Waals surface area contributed by atoms with Crippen LogP contribution in [0.5, 0.6) is 0 Å². The van der Waals surface area contributed by atoms with Crippen molar-refractivity contribution in [2.24, 2.45) is 0 Å². The van der Waals surface area contributed by atoms with Crippen molar-refractivity contribution in [2.45, 2.75) is 50.2 Å². The zero-order valence-electron chi connectivity index (χ0n) is 10.9. The largest absolute Gasteiger partial charge is 0.375 e. The Labute approximate surface area is 113 Å². The normalized spacial score (nSPS) is 25.1. The lowest BCUT2D eigenvalue weighted by molar-refractivity contribution is -0.0767. The van der Waals surface area contributed by atoms with Gasteiger partial charge in [0.2, 0.25) is 0 Å².